The minimum Gasteiger partial charge on any atom is -0.423 e. The van der Waals surface area contributed by atoms with E-state index >= 15 is 0 Å². The summed E-state index contributed by atoms with van der Waals surface area (Å²) in [5.74, 6) is -14.1. The molecule has 0 atom stereocenters. The Labute approximate surface area is 169 Å². The van der Waals surface area contributed by atoms with E-state index in [1.54, 1.807) is 0 Å². The lowest BCUT2D eigenvalue weighted by Gasteiger charge is -2.10. The molecule has 0 spiro atoms. The zero-order valence-corrected chi connectivity index (χ0v) is 16.9. The van der Waals surface area contributed by atoms with E-state index in [9.17, 15) is 35.2 Å². The smallest absolute Gasteiger partial charge is 0.349 e. The van der Waals surface area contributed by atoms with Crippen LogP contribution in [0.4, 0.5) is 22.0 Å². The van der Waals surface area contributed by atoms with Gasteiger partial charge in [-0.1, -0.05) is 0 Å². The third-order valence-corrected chi connectivity index (χ3v) is 6.24. The number of carbonyl (C=O) groups excluding carboxylic acids is 1. The molecule has 2 aromatic rings. The lowest BCUT2D eigenvalue weighted by atomic mass is 10.1. The molecule has 0 fully saturated rings. The summed E-state index contributed by atoms with van der Waals surface area (Å²) in [4.78, 5) is 11.3. The quantitative estimate of drug-likeness (QED) is 0.107. The number of hydrogen-bond acceptors (Lipinski definition) is 4. The molecule has 0 bridgehead atoms. The van der Waals surface area contributed by atoms with Crippen LogP contribution in [0, 0.1) is 36.2 Å². The van der Waals surface area contributed by atoms with Gasteiger partial charge in [-0.3, -0.25) is 4.55 Å². The lowest BCUT2D eigenvalue weighted by molar-refractivity contribution is 0.0720. The van der Waals surface area contributed by atoms with Crippen LogP contribution < -0.4 is 4.74 Å². The first-order chi connectivity index (χ1) is 11.9. The van der Waals surface area contributed by atoms with E-state index < -0.39 is 61.4 Å². The fraction of sp³-hybridized carbons (Fsp3) is 0. The Balaban J connectivity index is 2.50. The number of hydrogen-bond donors (Lipinski definition) is 1. The van der Waals surface area contributed by atoms with E-state index in [0.29, 0.717) is 0 Å². The molecule has 2 aromatic carbocycles. The van der Waals surface area contributed by atoms with Crippen LogP contribution in [0.1, 0.15) is 10.4 Å². The second kappa shape index (κ2) is 7.51. The van der Waals surface area contributed by atoms with Crippen LogP contribution in [-0.2, 0) is 10.1 Å². The predicted octanol–water partition coefficient (Wildman–Crippen LogP) is 4.06. The van der Waals surface area contributed by atoms with E-state index in [4.69, 9.17) is 4.55 Å². The first kappa shape index (κ1) is 21.2. The molecule has 0 aromatic heterocycles. The summed E-state index contributed by atoms with van der Waals surface area (Å²) in [6.45, 7) is 0. The average molecular weight is 620 g/mol. The van der Waals surface area contributed by atoms with Gasteiger partial charge in [0.25, 0.3) is 10.1 Å². The highest BCUT2D eigenvalue weighted by Gasteiger charge is 2.31. The minimum atomic E-state index is -4.61. The third-order valence-electron chi connectivity index (χ3n) is 2.85. The molecule has 0 heterocycles. The summed E-state index contributed by atoms with van der Waals surface area (Å²) < 4.78 is 102. The Bertz CT molecular complexity index is 990. The van der Waals surface area contributed by atoms with Crippen molar-refractivity contribution in [2.75, 3.05) is 0 Å². The molecule has 140 valence electrons. The highest BCUT2D eigenvalue weighted by atomic mass is 127. The fourth-order valence-electron chi connectivity index (χ4n) is 1.78. The molecule has 1 N–H and O–H groups in total. The number of benzene rings is 2. The molecular formula is C13H3F5I2O5S. The van der Waals surface area contributed by atoms with Crippen LogP contribution in [0.2, 0.25) is 0 Å². The van der Waals surface area contributed by atoms with Crippen molar-refractivity contribution in [3.05, 3.63) is 53.9 Å². The number of rotatable bonds is 3. The standard InChI is InChI=1S/C13H3F5I2O5S/c14-7-6(8(15)10(17)11(18)9(7)16)13(21)25-3-1-4(19)12(5(20)2-3)26(22,23)24/h1-2H,(H,22,23,24). The van der Waals surface area contributed by atoms with Gasteiger partial charge in [0, 0.05) is 7.14 Å². The van der Waals surface area contributed by atoms with Gasteiger partial charge in [-0.25, -0.2) is 26.7 Å². The number of ether oxygens (including phenoxy) is 1. The van der Waals surface area contributed by atoms with Gasteiger partial charge in [-0.2, -0.15) is 8.42 Å². The van der Waals surface area contributed by atoms with Gasteiger partial charge in [0.2, 0.25) is 5.82 Å². The van der Waals surface area contributed by atoms with Gasteiger partial charge in [0.15, 0.2) is 23.3 Å². The summed E-state index contributed by atoms with van der Waals surface area (Å²) in [5.41, 5.74) is -1.80. The van der Waals surface area contributed by atoms with Crippen molar-refractivity contribution in [1.82, 2.24) is 0 Å². The van der Waals surface area contributed by atoms with Gasteiger partial charge < -0.3 is 4.74 Å². The van der Waals surface area contributed by atoms with Crippen molar-refractivity contribution in [1.29, 1.82) is 0 Å². The Morgan fingerprint density at radius 1 is 0.885 bits per heavy atom. The van der Waals surface area contributed by atoms with Crippen LogP contribution in [-0.4, -0.2) is 18.9 Å². The molecular weight excluding hydrogens is 617 g/mol. The van der Waals surface area contributed by atoms with Crippen LogP contribution >= 0.6 is 45.2 Å². The molecule has 13 heteroatoms. The van der Waals surface area contributed by atoms with E-state index in [1.165, 1.54) is 45.2 Å². The first-order valence-electron chi connectivity index (χ1n) is 6.06. The lowest BCUT2D eigenvalue weighted by Crippen LogP contribution is -2.17. The second-order valence-corrected chi connectivity index (χ2v) is 8.21. The van der Waals surface area contributed by atoms with E-state index in [1.807, 2.05) is 0 Å². The summed E-state index contributed by atoms with van der Waals surface area (Å²) in [6, 6.07) is 1.82. The van der Waals surface area contributed by atoms with Crippen molar-refractivity contribution in [3.63, 3.8) is 0 Å². The third kappa shape index (κ3) is 3.94. The Kier molecular flexibility index (Phi) is 6.13. The molecule has 0 unspecified atom stereocenters. The van der Waals surface area contributed by atoms with E-state index in [2.05, 4.69) is 4.74 Å². The highest BCUT2D eigenvalue weighted by molar-refractivity contribution is 14.1. The summed E-state index contributed by atoms with van der Waals surface area (Å²) in [6.07, 6.45) is 0. The topological polar surface area (TPSA) is 80.7 Å². The highest BCUT2D eigenvalue weighted by Crippen LogP contribution is 2.30. The van der Waals surface area contributed by atoms with Gasteiger partial charge >= 0.3 is 5.97 Å². The van der Waals surface area contributed by atoms with Crippen LogP contribution in [0.5, 0.6) is 5.75 Å². The van der Waals surface area contributed by atoms with Gasteiger partial charge in [-0.05, 0) is 57.3 Å². The number of carbonyl (C=O) groups is 1. The minimum absolute atomic E-state index is 0.114. The second-order valence-electron chi connectivity index (χ2n) is 4.53. The van der Waals surface area contributed by atoms with Crippen molar-refractivity contribution < 1.29 is 44.5 Å². The van der Waals surface area contributed by atoms with E-state index in [-0.39, 0.29) is 7.14 Å². The predicted molar refractivity (Wildman–Crippen MR) is 92.9 cm³/mol. The van der Waals surface area contributed by atoms with Crippen molar-refractivity contribution in [3.8, 4) is 5.75 Å². The zero-order chi connectivity index (χ0) is 20.0. The maximum absolute atomic E-state index is 13.6. The summed E-state index contributed by atoms with van der Waals surface area (Å²) >= 11 is 2.95. The maximum Gasteiger partial charge on any atom is 0.349 e. The first-order valence-corrected chi connectivity index (χ1v) is 9.66. The molecule has 0 radical (unpaired) electrons. The molecule has 2 rings (SSSR count). The summed E-state index contributed by atoms with van der Waals surface area (Å²) in [5, 5.41) is 0. The van der Waals surface area contributed by atoms with Crippen molar-refractivity contribution in [2.45, 2.75) is 4.90 Å². The van der Waals surface area contributed by atoms with Crippen molar-refractivity contribution >= 4 is 61.3 Å². The van der Waals surface area contributed by atoms with Gasteiger partial charge in [0.05, 0.1) is 0 Å². The number of esters is 1. The Hall–Kier alpha value is -1.07. The average Bonchev–Trinajstić information content (AvgIpc) is 2.49. The molecule has 26 heavy (non-hydrogen) atoms. The largest absolute Gasteiger partial charge is 0.423 e. The normalized spacial score (nSPS) is 11.5. The summed E-state index contributed by atoms with van der Waals surface area (Å²) in [7, 11) is -4.61. The van der Waals surface area contributed by atoms with Gasteiger partial charge in [-0.15, -0.1) is 0 Å². The molecule has 0 aliphatic carbocycles. The van der Waals surface area contributed by atoms with Crippen LogP contribution in [0.25, 0.3) is 0 Å². The van der Waals surface area contributed by atoms with Gasteiger partial charge in [0.1, 0.15) is 16.2 Å². The van der Waals surface area contributed by atoms with E-state index in [0.717, 1.165) is 12.1 Å². The molecule has 0 amide bonds. The Morgan fingerprint density at radius 3 is 1.65 bits per heavy atom. The van der Waals surface area contributed by atoms with Crippen LogP contribution in [0.15, 0.2) is 17.0 Å². The molecule has 5 nitrogen and oxygen atoms in total. The fourth-order valence-corrected chi connectivity index (χ4v) is 5.78. The molecule has 0 aliphatic heterocycles. The monoisotopic (exact) mass is 620 g/mol. The van der Waals surface area contributed by atoms with Crippen LogP contribution in [0.3, 0.4) is 0 Å². The molecule has 0 aliphatic rings. The molecule has 0 saturated carbocycles. The zero-order valence-electron chi connectivity index (χ0n) is 11.8. The Morgan fingerprint density at radius 2 is 1.27 bits per heavy atom. The van der Waals surface area contributed by atoms with Crippen molar-refractivity contribution in [2.24, 2.45) is 0 Å². The maximum atomic E-state index is 13.6. The molecule has 0 saturated heterocycles. The number of halogens is 7. The SMILES string of the molecule is O=C(Oc1cc(I)c(S(=O)(=O)O)c(I)c1)c1c(F)c(F)c(F)c(F)c1F.